The molecule has 3 heterocycles. The first-order valence-electron chi connectivity index (χ1n) is 12.5. The molecule has 1 amide bonds. The van der Waals surface area contributed by atoms with Crippen molar-refractivity contribution in [2.45, 2.75) is 62.9 Å². The lowest BCUT2D eigenvalue weighted by Crippen LogP contribution is -2.32. The monoisotopic (exact) mass is 496 g/mol. The average Bonchev–Trinajstić information content (AvgIpc) is 3.52. The van der Waals surface area contributed by atoms with Crippen LogP contribution in [0.2, 0.25) is 0 Å². The lowest BCUT2D eigenvalue weighted by atomic mass is 10.0. The van der Waals surface area contributed by atoms with Crippen molar-refractivity contribution in [2.75, 3.05) is 19.7 Å². The Morgan fingerprint density at radius 1 is 1.17 bits per heavy atom. The van der Waals surface area contributed by atoms with E-state index in [0.717, 1.165) is 54.9 Å². The molecule has 2 aliphatic heterocycles. The zero-order chi connectivity index (χ0) is 24.4. The number of rotatable bonds is 8. The van der Waals surface area contributed by atoms with E-state index in [1.807, 2.05) is 30.3 Å². The van der Waals surface area contributed by atoms with Gasteiger partial charge in [0.25, 0.3) is 0 Å². The van der Waals surface area contributed by atoms with E-state index >= 15 is 0 Å². The number of imidazole rings is 1. The molecule has 5 rings (SSSR count). The number of sulfonamides is 1. The van der Waals surface area contributed by atoms with Crippen LogP contribution < -0.4 is 10.1 Å². The first-order chi connectivity index (χ1) is 17.0. The van der Waals surface area contributed by atoms with Gasteiger partial charge < -0.3 is 14.6 Å². The number of nitrogens with one attached hydrogen (secondary N) is 1. The Balaban J connectivity index is 1.33. The van der Waals surface area contributed by atoms with Crippen molar-refractivity contribution in [3.63, 3.8) is 0 Å². The van der Waals surface area contributed by atoms with Gasteiger partial charge in [0.1, 0.15) is 11.6 Å². The summed E-state index contributed by atoms with van der Waals surface area (Å²) in [5, 5.41) is 3.15. The molecule has 35 heavy (non-hydrogen) atoms. The SMILES string of the molecule is CCCn1c(CCC(=O)N[C@H]2CCOc3ccccc32)nc2cc(S(=O)(=O)N3CCCC3)ccc21. The Bertz CT molecular complexity index is 1330. The van der Waals surface area contributed by atoms with Gasteiger partial charge in [-0.25, -0.2) is 13.4 Å². The fraction of sp³-hybridized carbons (Fsp3) is 0.462. The molecule has 0 saturated carbocycles. The second kappa shape index (κ2) is 9.99. The number of amides is 1. The van der Waals surface area contributed by atoms with Crippen LogP contribution in [0.15, 0.2) is 47.4 Å². The first-order valence-corrected chi connectivity index (χ1v) is 13.9. The van der Waals surface area contributed by atoms with E-state index < -0.39 is 10.0 Å². The van der Waals surface area contributed by atoms with Crippen LogP contribution in [-0.4, -0.2) is 47.9 Å². The van der Waals surface area contributed by atoms with Gasteiger partial charge in [-0.05, 0) is 43.5 Å². The summed E-state index contributed by atoms with van der Waals surface area (Å²) >= 11 is 0. The molecule has 0 unspecified atom stereocenters. The zero-order valence-electron chi connectivity index (χ0n) is 20.1. The highest BCUT2D eigenvalue weighted by Crippen LogP contribution is 2.31. The lowest BCUT2D eigenvalue weighted by molar-refractivity contribution is -0.122. The Hall–Kier alpha value is -2.91. The van der Waals surface area contributed by atoms with E-state index in [1.54, 1.807) is 16.4 Å². The maximum Gasteiger partial charge on any atom is 0.243 e. The van der Waals surface area contributed by atoms with Crippen LogP contribution >= 0.6 is 0 Å². The molecule has 1 N–H and O–H groups in total. The fourth-order valence-corrected chi connectivity index (χ4v) is 6.58. The first kappa shape index (κ1) is 23.8. The van der Waals surface area contributed by atoms with Gasteiger partial charge >= 0.3 is 0 Å². The van der Waals surface area contributed by atoms with Crippen molar-refractivity contribution < 1.29 is 17.9 Å². The number of benzene rings is 2. The van der Waals surface area contributed by atoms with Crippen molar-refractivity contribution in [1.82, 2.24) is 19.2 Å². The van der Waals surface area contributed by atoms with Gasteiger partial charge in [-0.15, -0.1) is 0 Å². The van der Waals surface area contributed by atoms with Crippen LogP contribution in [0.3, 0.4) is 0 Å². The number of aryl methyl sites for hydroxylation is 2. The largest absolute Gasteiger partial charge is 0.493 e. The Labute approximate surface area is 206 Å². The van der Waals surface area contributed by atoms with Crippen LogP contribution in [0.5, 0.6) is 5.75 Å². The number of fused-ring (bicyclic) bond motifs is 2. The highest BCUT2D eigenvalue weighted by Gasteiger charge is 2.28. The van der Waals surface area contributed by atoms with E-state index in [0.29, 0.717) is 38.1 Å². The number of hydrogen-bond acceptors (Lipinski definition) is 5. The van der Waals surface area contributed by atoms with Crippen molar-refractivity contribution in [3.05, 3.63) is 53.9 Å². The van der Waals surface area contributed by atoms with E-state index in [4.69, 9.17) is 9.72 Å². The van der Waals surface area contributed by atoms with Crippen LogP contribution in [0.25, 0.3) is 11.0 Å². The molecule has 186 valence electrons. The van der Waals surface area contributed by atoms with Crippen LogP contribution in [0.4, 0.5) is 0 Å². The molecular weight excluding hydrogens is 464 g/mol. The van der Waals surface area contributed by atoms with Gasteiger partial charge in [0.15, 0.2) is 0 Å². The van der Waals surface area contributed by atoms with Crippen LogP contribution in [0.1, 0.15) is 56.5 Å². The number of carbonyl (C=O) groups is 1. The predicted octanol–water partition coefficient (Wildman–Crippen LogP) is 3.80. The standard InChI is InChI=1S/C26H32N4O4S/c1-2-14-30-23-10-9-19(35(32,33)29-15-5-6-16-29)18-22(23)27-25(30)11-12-26(31)28-21-13-17-34-24-8-4-3-7-20(21)24/h3-4,7-10,18,21H,2,5-6,11-17H2,1H3,(H,28,31)/t21-/m0/s1. The van der Waals surface area contributed by atoms with Gasteiger partial charge in [-0.2, -0.15) is 4.31 Å². The molecular formula is C26H32N4O4S. The molecule has 8 nitrogen and oxygen atoms in total. The van der Waals surface area contributed by atoms with Crippen molar-refractivity contribution in [3.8, 4) is 5.75 Å². The Kier molecular flexibility index (Phi) is 6.80. The molecule has 1 fully saturated rings. The quantitative estimate of drug-likeness (QED) is 0.512. The average molecular weight is 497 g/mol. The van der Waals surface area contributed by atoms with E-state index in [1.165, 1.54) is 0 Å². The molecule has 1 saturated heterocycles. The van der Waals surface area contributed by atoms with Crippen LogP contribution in [0, 0.1) is 0 Å². The van der Waals surface area contributed by atoms with E-state index in [2.05, 4.69) is 16.8 Å². The topological polar surface area (TPSA) is 93.5 Å². The van der Waals surface area contributed by atoms with E-state index in [9.17, 15) is 13.2 Å². The molecule has 0 spiro atoms. The molecule has 2 aliphatic rings. The Morgan fingerprint density at radius 3 is 2.77 bits per heavy atom. The molecule has 9 heteroatoms. The van der Waals surface area contributed by atoms with Crippen molar-refractivity contribution in [1.29, 1.82) is 0 Å². The summed E-state index contributed by atoms with van der Waals surface area (Å²) in [6, 6.07) is 13.0. The number of aromatic nitrogens is 2. The highest BCUT2D eigenvalue weighted by atomic mass is 32.2. The second-order valence-electron chi connectivity index (χ2n) is 9.24. The summed E-state index contributed by atoms with van der Waals surface area (Å²) in [6.07, 6.45) is 4.25. The van der Waals surface area contributed by atoms with Gasteiger partial charge in [0, 0.05) is 44.5 Å². The maximum atomic E-state index is 13.0. The Morgan fingerprint density at radius 2 is 1.97 bits per heavy atom. The van der Waals surface area contributed by atoms with Gasteiger partial charge in [0.05, 0.1) is 28.6 Å². The lowest BCUT2D eigenvalue weighted by Gasteiger charge is -2.26. The smallest absolute Gasteiger partial charge is 0.243 e. The molecule has 1 atom stereocenters. The van der Waals surface area contributed by atoms with Gasteiger partial charge in [-0.3, -0.25) is 4.79 Å². The van der Waals surface area contributed by atoms with Crippen molar-refractivity contribution >= 4 is 27.0 Å². The van der Waals surface area contributed by atoms with Crippen molar-refractivity contribution in [2.24, 2.45) is 0 Å². The third-order valence-corrected chi connectivity index (χ3v) is 8.71. The molecule has 2 aromatic carbocycles. The zero-order valence-corrected chi connectivity index (χ0v) is 20.9. The number of hydrogen-bond donors (Lipinski definition) is 1. The normalized spacial score (nSPS) is 18.4. The third kappa shape index (κ3) is 4.79. The fourth-order valence-electron chi connectivity index (χ4n) is 5.05. The number of ether oxygens (including phenoxy) is 1. The number of carbonyl (C=O) groups excluding carboxylic acids is 1. The minimum absolute atomic E-state index is 0.0286. The highest BCUT2D eigenvalue weighted by molar-refractivity contribution is 7.89. The summed E-state index contributed by atoms with van der Waals surface area (Å²) in [5.74, 6) is 1.60. The van der Waals surface area contributed by atoms with Gasteiger partial charge in [0.2, 0.25) is 15.9 Å². The maximum absolute atomic E-state index is 13.0. The summed E-state index contributed by atoms with van der Waals surface area (Å²) in [6.45, 7) is 4.58. The number of nitrogens with zero attached hydrogens (tertiary/aromatic N) is 3. The summed E-state index contributed by atoms with van der Waals surface area (Å²) in [5.41, 5.74) is 2.57. The molecule has 3 aromatic rings. The van der Waals surface area contributed by atoms with Gasteiger partial charge in [-0.1, -0.05) is 25.1 Å². The summed E-state index contributed by atoms with van der Waals surface area (Å²) in [7, 11) is -3.50. The molecule has 0 aliphatic carbocycles. The molecule has 1 aromatic heterocycles. The van der Waals surface area contributed by atoms with Crippen LogP contribution in [-0.2, 0) is 27.8 Å². The molecule has 0 radical (unpaired) electrons. The minimum Gasteiger partial charge on any atom is -0.493 e. The predicted molar refractivity (Wildman–Crippen MR) is 134 cm³/mol. The summed E-state index contributed by atoms with van der Waals surface area (Å²) in [4.78, 5) is 17.9. The number of para-hydroxylation sites is 1. The molecule has 0 bridgehead atoms. The second-order valence-corrected chi connectivity index (χ2v) is 11.2. The third-order valence-electron chi connectivity index (χ3n) is 6.82. The van der Waals surface area contributed by atoms with E-state index in [-0.39, 0.29) is 16.8 Å². The summed E-state index contributed by atoms with van der Waals surface area (Å²) < 4.78 is 35.4. The minimum atomic E-state index is -3.50.